The van der Waals surface area contributed by atoms with Crippen molar-refractivity contribution in [1.29, 1.82) is 0 Å². The van der Waals surface area contributed by atoms with Crippen LogP contribution in [0.3, 0.4) is 0 Å². The Morgan fingerprint density at radius 3 is 2.52 bits per heavy atom. The number of ether oxygens (including phenoxy) is 3. The number of carbonyl (C=O) groups excluding carboxylic acids is 2. The zero-order valence-electron chi connectivity index (χ0n) is 17.0. The normalized spacial score (nSPS) is 14.7. The van der Waals surface area contributed by atoms with Gasteiger partial charge in [0.1, 0.15) is 12.3 Å². The van der Waals surface area contributed by atoms with Crippen LogP contribution in [0.1, 0.15) is 5.69 Å². The van der Waals surface area contributed by atoms with E-state index in [9.17, 15) is 14.4 Å². The molecule has 31 heavy (non-hydrogen) atoms. The third-order valence-corrected chi connectivity index (χ3v) is 4.94. The number of aromatic nitrogens is 2. The van der Waals surface area contributed by atoms with Gasteiger partial charge in [-0.15, -0.1) is 0 Å². The van der Waals surface area contributed by atoms with Crippen molar-refractivity contribution in [3.63, 3.8) is 0 Å². The molecule has 160 valence electrons. The maximum absolute atomic E-state index is 12.8. The zero-order valence-corrected chi connectivity index (χ0v) is 17.0. The average molecular weight is 423 g/mol. The van der Waals surface area contributed by atoms with Gasteiger partial charge in [0.05, 0.1) is 11.4 Å². The fourth-order valence-corrected chi connectivity index (χ4v) is 3.25. The van der Waals surface area contributed by atoms with E-state index in [4.69, 9.17) is 14.2 Å². The van der Waals surface area contributed by atoms with Crippen LogP contribution in [0, 0.1) is 6.92 Å². The molecular weight excluding hydrogens is 402 g/mol. The zero-order chi connectivity index (χ0) is 22.0. The molecule has 0 saturated carbocycles. The molecule has 0 saturated heterocycles. The first kappa shape index (κ1) is 20.3. The van der Waals surface area contributed by atoms with E-state index in [1.165, 1.54) is 4.68 Å². The number of carbonyl (C=O) groups is 2. The van der Waals surface area contributed by atoms with Crippen LogP contribution in [0.4, 0.5) is 5.69 Å². The topological polar surface area (TPSA) is 101 Å². The number of hydrogen-bond donors (Lipinski definition) is 1. The number of para-hydroxylation sites is 3. The summed E-state index contributed by atoms with van der Waals surface area (Å²) in [6.07, 6.45) is -0.975. The van der Waals surface area contributed by atoms with Gasteiger partial charge < -0.3 is 19.5 Å². The lowest BCUT2D eigenvalue weighted by Gasteiger charge is -2.24. The minimum atomic E-state index is -0.975. The van der Waals surface area contributed by atoms with E-state index in [-0.39, 0.29) is 17.9 Å². The molecule has 1 aliphatic heterocycles. The SMILES string of the molecule is Cc1c(NC(=O)COC(=O)[C@H]2COc3ccccc3O2)c(=O)n(-c2ccccc2)n1C. The predicted octanol–water partition coefficient (Wildman–Crippen LogP) is 1.81. The molecule has 0 spiro atoms. The summed E-state index contributed by atoms with van der Waals surface area (Å²) in [5, 5.41) is 2.54. The summed E-state index contributed by atoms with van der Waals surface area (Å²) in [7, 11) is 1.72. The van der Waals surface area contributed by atoms with E-state index in [0.717, 1.165) is 0 Å². The van der Waals surface area contributed by atoms with Gasteiger partial charge in [0.25, 0.3) is 11.5 Å². The van der Waals surface area contributed by atoms with Crippen LogP contribution in [0.5, 0.6) is 11.5 Å². The molecule has 0 aliphatic carbocycles. The highest BCUT2D eigenvalue weighted by atomic mass is 16.6. The Morgan fingerprint density at radius 1 is 1.10 bits per heavy atom. The van der Waals surface area contributed by atoms with Crippen molar-refractivity contribution in [2.45, 2.75) is 13.0 Å². The van der Waals surface area contributed by atoms with E-state index in [1.807, 2.05) is 18.2 Å². The molecule has 1 N–H and O–H groups in total. The summed E-state index contributed by atoms with van der Waals surface area (Å²) in [6.45, 7) is 1.14. The number of esters is 1. The minimum Gasteiger partial charge on any atom is -0.485 e. The molecule has 0 radical (unpaired) electrons. The van der Waals surface area contributed by atoms with E-state index < -0.39 is 24.6 Å². The molecule has 9 heteroatoms. The second-order valence-corrected chi connectivity index (χ2v) is 6.96. The number of anilines is 1. The number of fused-ring (bicyclic) bond motifs is 1. The third kappa shape index (κ3) is 4.02. The van der Waals surface area contributed by atoms with Crippen molar-refractivity contribution in [3.8, 4) is 17.2 Å². The van der Waals surface area contributed by atoms with Crippen LogP contribution in [0.15, 0.2) is 59.4 Å². The summed E-state index contributed by atoms with van der Waals surface area (Å²) in [4.78, 5) is 37.4. The number of hydrogen-bond acceptors (Lipinski definition) is 6. The van der Waals surface area contributed by atoms with Crippen LogP contribution in [-0.4, -0.2) is 40.6 Å². The number of rotatable bonds is 5. The standard InChI is InChI=1S/C22H21N3O6/c1-14-20(21(27)25(24(14)2)15-8-4-3-5-9-15)23-19(26)13-30-22(28)18-12-29-16-10-6-7-11-17(16)31-18/h3-11,18H,12-13H2,1-2H3,(H,23,26)/t18-/m1/s1. The van der Waals surface area contributed by atoms with Crippen molar-refractivity contribution < 1.29 is 23.8 Å². The van der Waals surface area contributed by atoms with Gasteiger partial charge in [0, 0.05) is 7.05 Å². The Labute approximate surface area is 177 Å². The van der Waals surface area contributed by atoms with Gasteiger partial charge in [0.2, 0.25) is 6.10 Å². The average Bonchev–Trinajstić information content (AvgIpc) is 3.00. The summed E-state index contributed by atoms with van der Waals surface area (Å²) in [5.74, 6) is -0.382. The fraction of sp³-hybridized carbons (Fsp3) is 0.227. The summed E-state index contributed by atoms with van der Waals surface area (Å²) in [5.41, 5.74) is 0.971. The molecule has 0 bridgehead atoms. The second kappa shape index (κ2) is 8.39. The van der Waals surface area contributed by atoms with Crippen molar-refractivity contribution in [2.75, 3.05) is 18.5 Å². The van der Waals surface area contributed by atoms with Crippen molar-refractivity contribution >= 4 is 17.6 Å². The van der Waals surface area contributed by atoms with E-state index in [1.54, 1.807) is 55.1 Å². The molecule has 1 amide bonds. The molecule has 0 unspecified atom stereocenters. The van der Waals surface area contributed by atoms with Gasteiger partial charge in [-0.2, -0.15) is 0 Å². The first-order chi connectivity index (χ1) is 15.0. The first-order valence-corrected chi connectivity index (χ1v) is 9.64. The van der Waals surface area contributed by atoms with Crippen molar-refractivity contribution in [3.05, 3.63) is 70.6 Å². The maximum atomic E-state index is 12.8. The molecule has 9 nitrogen and oxygen atoms in total. The smallest absolute Gasteiger partial charge is 0.351 e. The summed E-state index contributed by atoms with van der Waals surface area (Å²) in [6, 6.07) is 16.0. The Balaban J connectivity index is 1.40. The molecule has 1 aromatic heterocycles. The Morgan fingerprint density at radius 2 is 1.77 bits per heavy atom. The highest BCUT2D eigenvalue weighted by Crippen LogP contribution is 2.31. The first-order valence-electron chi connectivity index (χ1n) is 9.64. The highest BCUT2D eigenvalue weighted by Gasteiger charge is 2.29. The van der Waals surface area contributed by atoms with Crippen LogP contribution >= 0.6 is 0 Å². The summed E-state index contributed by atoms with van der Waals surface area (Å²) >= 11 is 0. The second-order valence-electron chi connectivity index (χ2n) is 6.96. The number of nitrogens with zero attached hydrogens (tertiary/aromatic N) is 2. The Kier molecular flexibility index (Phi) is 5.48. The predicted molar refractivity (Wildman–Crippen MR) is 112 cm³/mol. The van der Waals surface area contributed by atoms with Gasteiger partial charge in [-0.05, 0) is 31.2 Å². The Hall–Kier alpha value is -4.01. The van der Waals surface area contributed by atoms with Crippen LogP contribution in [-0.2, 0) is 21.4 Å². The number of benzene rings is 2. The fourth-order valence-electron chi connectivity index (χ4n) is 3.25. The lowest BCUT2D eigenvalue weighted by Crippen LogP contribution is -2.39. The van der Waals surface area contributed by atoms with Gasteiger partial charge in [-0.1, -0.05) is 30.3 Å². The maximum Gasteiger partial charge on any atom is 0.351 e. The third-order valence-electron chi connectivity index (χ3n) is 4.94. The molecule has 3 aromatic rings. The highest BCUT2D eigenvalue weighted by molar-refractivity contribution is 5.93. The van der Waals surface area contributed by atoms with Gasteiger partial charge in [0.15, 0.2) is 18.1 Å². The van der Waals surface area contributed by atoms with Gasteiger partial charge >= 0.3 is 5.97 Å². The van der Waals surface area contributed by atoms with Gasteiger partial charge in [-0.3, -0.25) is 14.3 Å². The molecule has 4 rings (SSSR count). The van der Waals surface area contributed by atoms with E-state index in [2.05, 4.69) is 5.32 Å². The van der Waals surface area contributed by atoms with E-state index >= 15 is 0 Å². The number of nitrogens with one attached hydrogen (secondary N) is 1. The van der Waals surface area contributed by atoms with Gasteiger partial charge in [-0.25, -0.2) is 9.48 Å². The van der Waals surface area contributed by atoms with Crippen LogP contribution in [0.2, 0.25) is 0 Å². The summed E-state index contributed by atoms with van der Waals surface area (Å²) < 4.78 is 19.2. The molecule has 1 aliphatic rings. The monoisotopic (exact) mass is 423 g/mol. The number of amides is 1. The molecule has 2 heterocycles. The van der Waals surface area contributed by atoms with Crippen molar-refractivity contribution in [2.24, 2.45) is 7.05 Å². The lowest BCUT2D eigenvalue weighted by atomic mass is 10.2. The van der Waals surface area contributed by atoms with Crippen LogP contribution in [0.25, 0.3) is 5.69 Å². The molecular formula is C22H21N3O6. The lowest BCUT2D eigenvalue weighted by molar-refractivity contribution is -0.156. The van der Waals surface area contributed by atoms with Crippen molar-refractivity contribution in [1.82, 2.24) is 9.36 Å². The molecule has 1 atom stereocenters. The molecule has 2 aromatic carbocycles. The molecule has 0 fully saturated rings. The Bertz CT molecular complexity index is 1180. The minimum absolute atomic E-state index is 0.0168. The quantitative estimate of drug-likeness (QED) is 0.628. The largest absolute Gasteiger partial charge is 0.485 e. The van der Waals surface area contributed by atoms with Crippen LogP contribution < -0.4 is 20.3 Å². The van der Waals surface area contributed by atoms with E-state index in [0.29, 0.717) is 22.9 Å².